The van der Waals surface area contributed by atoms with Crippen LogP contribution in [0, 0.1) is 11.8 Å². The third-order valence-corrected chi connectivity index (χ3v) is 5.30. The Kier molecular flexibility index (Phi) is 4.34. The molecule has 2 N–H and O–H groups in total. The summed E-state index contributed by atoms with van der Waals surface area (Å²) in [6.45, 7) is 4.06. The topological polar surface area (TPSA) is 29.3 Å². The maximum absolute atomic E-state index is 5.78. The van der Waals surface area contributed by atoms with Crippen molar-refractivity contribution in [2.24, 2.45) is 17.6 Å². The maximum atomic E-state index is 5.78. The largest absolute Gasteiger partial charge is 0.374 e. The Labute approximate surface area is 129 Å². The van der Waals surface area contributed by atoms with E-state index in [-0.39, 0.29) is 0 Å². The Balaban J connectivity index is 1.76. The van der Waals surface area contributed by atoms with E-state index in [1.54, 1.807) is 0 Å². The van der Waals surface area contributed by atoms with Gasteiger partial charge in [0.1, 0.15) is 0 Å². The first-order valence-electron chi connectivity index (χ1n) is 8.39. The molecule has 1 aliphatic carbocycles. The van der Waals surface area contributed by atoms with Crippen LogP contribution in [0.15, 0.2) is 23.9 Å². The zero-order valence-corrected chi connectivity index (χ0v) is 13.4. The van der Waals surface area contributed by atoms with Crippen molar-refractivity contribution in [2.75, 3.05) is 7.05 Å². The lowest BCUT2D eigenvalue weighted by molar-refractivity contribution is 0.267. The highest BCUT2D eigenvalue weighted by molar-refractivity contribution is 5.59. The highest BCUT2D eigenvalue weighted by Gasteiger charge is 2.22. The molecule has 0 amide bonds. The lowest BCUT2D eigenvalue weighted by Crippen LogP contribution is -2.24. The molecule has 0 spiro atoms. The average Bonchev–Trinajstić information content (AvgIpc) is 2.50. The molecular weight excluding hydrogens is 256 g/mol. The minimum Gasteiger partial charge on any atom is -0.374 e. The van der Waals surface area contributed by atoms with E-state index in [4.69, 9.17) is 5.73 Å². The Morgan fingerprint density at radius 3 is 2.67 bits per heavy atom. The maximum Gasteiger partial charge on any atom is 0.0429 e. The molecular formula is C19H28N2. The van der Waals surface area contributed by atoms with Gasteiger partial charge in [-0.1, -0.05) is 38.0 Å². The van der Waals surface area contributed by atoms with Crippen LogP contribution in [0.25, 0.3) is 6.08 Å². The van der Waals surface area contributed by atoms with Gasteiger partial charge in [-0.2, -0.15) is 0 Å². The lowest BCUT2D eigenvalue weighted by Gasteiger charge is -2.33. The quantitative estimate of drug-likeness (QED) is 0.903. The molecule has 1 aliphatic heterocycles. The smallest absolute Gasteiger partial charge is 0.0429 e. The van der Waals surface area contributed by atoms with Crippen LogP contribution in [0.1, 0.15) is 55.7 Å². The van der Waals surface area contributed by atoms with E-state index < -0.39 is 0 Å². The molecule has 0 saturated heterocycles. The van der Waals surface area contributed by atoms with Crippen molar-refractivity contribution in [3.8, 4) is 0 Å². The standard InChI is InChI=1S/C19H28N2/c1-14-3-5-15(6-4-14)10-19-11-18-9-16(12-20)7-8-17(18)13-21(19)2/h7-9,11,14-15H,3-6,10,12-13,20H2,1-2H3. The molecule has 1 fully saturated rings. The van der Waals surface area contributed by atoms with E-state index in [9.17, 15) is 0 Å². The van der Waals surface area contributed by atoms with Crippen molar-refractivity contribution >= 4 is 6.08 Å². The summed E-state index contributed by atoms with van der Waals surface area (Å²) in [5.41, 5.74) is 11.3. The minimum absolute atomic E-state index is 0.632. The van der Waals surface area contributed by atoms with Gasteiger partial charge in [0.15, 0.2) is 0 Å². The number of rotatable bonds is 3. The molecule has 1 heterocycles. The Hall–Kier alpha value is -1.28. The van der Waals surface area contributed by atoms with Crippen LogP contribution in [0.4, 0.5) is 0 Å². The zero-order chi connectivity index (χ0) is 14.8. The number of hydrogen-bond donors (Lipinski definition) is 1. The second-order valence-corrected chi connectivity index (χ2v) is 7.06. The molecule has 0 atom stereocenters. The first kappa shape index (κ1) is 14.6. The van der Waals surface area contributed by atoms with E-state index >= 15 is 0 Å². The molecule has 2 aliphatic rings. The van der Waals surface area contributed by atoms with Crippen molar-refractivity contribution < 1.29 is 0 Å². The molecule has 1 aromatic carbocycles. The fourth-order valence-corrected chi connectivity index (χ4v) is 3.74. The summed E-state index contributed by atoms with van der Waals surface area (Å²) in [6.07, 6.45) is 9.28. The number of allylic oxidation sites excluding steroid dienone is 1. The minimum atomic E-state index is 0.632. The number of fused-ring (bicyclic) bond motifs is 1. The average molecular weight is 284 g/mol. The van der Waals surface area contributed by atoms with Crippen molar-refractivity contribution in [2.45, 2.75) is 52.1 Å². The molecule has 2 nitrogen and oxygen atoms in total. The van der Waals surface area contributed by atoms with Crippen molar-refractivity contribution in [1.82, 2.24) is 4.90 Å². The molecule has 0 bridgehead atoms. The van der Waals surface area contributed by atoms with E-state index in [1.807, 2.05) is 0 Å². The molecule has 1 saturated carbocycles. The van der Waals surface area contributed by atoms with Gasteiger partial charge in [-0.15, -0.1) is 0 Å². The monoisotopic (exact) mass is 284 g/mol. The summed E-state index contributed by atoms with van der Waals surface area (Å²) in [7, 11) is 2.23. The first-order valence-corrected chi connectivity index (χ1v) is 8.39. The van der Waals surface area contributed by atoms with E-state index in [1.165, 1.54) is 54.5 Å². The predicted octanol–water partition coefficient (Wildman–Crippen LogP) is 4.15. The van der Waals surface area contributed by atoms with Crippen LogP contribution in [0.5, 0.6) is 0 Å². The summed E-state index contributed by atoms with van der Waals surface area (Å²) in [4.78, 5) is 2.43. The van der Waals surface area contributed by atoms with Crippen molar-refractivity contribution in [3.63, 3.8) is 0 Å². The fourth-order valence-electron chi connectivity index (χ4n) is 3.74. The number of benzene rings is 1. The third-order valence-electron chi connectivity index (χ3n) is 5.30. The van der Waals surface area contributed by atoms with E-state index in [0.717, 1.165) is 18.4 Å². The van der Waals surface area contributed by atoms with Crippen LogP contribution in [0.2, 0.25) is 0 Å². The van der Waals surface area contributed by atoms with Crippen LogP contribution < -0.4 is 5.73 Å². The Morgan fingerprint density at radius 2 is 1.95 bits per heavy atom. The van der Waals surface area contributed by atoms with Crippen LogP contribution in [-0.4, -0.2) is 11.9 Å². The molecule has 114 valence electrons. The summed E-state index contributed by atoms with van der Waals surface area (Å²) >= 11 is 0. The molecule has 0 aromatic heterocycles. The van der Waals surface area contributed by atoms with Crippen molar-refractivity contribution in [3.05, 3.63) is 40.6 Å². The summed E-state index contributed by atoms with van der Waals surface area (Å²) in [5.74, 6) is 1.82. The Morgan fingerprint density at radius 1 is 1.19 bits per heavy atom. The number of nitrogens with two attached hydrogens (primary N) is 1. The normalized spacial score (nSPS) is 25.5. The Bertz CT molecular complexity index is 524. The summed E-state index contributed by atoms with van der Waals surface area (Å²) in [6, 6.07) is 6.67. The molecule has 0 unspecified atom stereocenters. The van der Waals surface area contributed by atoms with Gasteiger partial charge in [0.25, 0.3) is 0 Å². The highest BCUT2D eigenvalue weighted by atomic mass is 15.1. The van der Waals surface area contributed by atoms with Gasteiger partial charge in [0.05, 0.1) is 0 Å². The summed E-state index contributed by atoms with van der Waals surface area (Å²) in [5, 5.41) is 0. The number of hydrogen-bond acceptors (Lipinski definition) is 2. The van der Waals surface area contributed by atoms with Gasteiger partial charge >= 0.3 is 0 Å². The first-order chi connectivity index (χ1) is 10.2. The molecule has 21 heavy (non-hydrogen) atoms. The number of nitrogens with zero attached hydrogens (tertiary/aromatic N) is 1. The van der Waals surface area contributed by atoms with Gasteiger partial charge in [-0.25, -0.2) is 0 Å². The predicted molar refractivity (Wildman–Crippen MR) is 89.5 cm³/mol. The summed E-state index contributed by atoms with van der Waals surface area (Å²) < 4.78 is 0. The van der Waals surface area contributed by atoms with Crippen LogP contribution in [0.3, 0.4) is 0 Å². The molecule has 0 radical (unpaired) electrons. The van der Waals surface area contributed by atoms with E-state index in [0.29, 0.717) is 6.54 Å². The lowest BCUT2D eigenvalue weighted by atomic mass is 9.80. The van der Waals surface area contributed by atoms with Crippen LogP contribution >= 0.6 is 0 Å². The van der Waals surface area contributed by atoms with Gasteiger partial charge in [0, 0.05) is 25.8 Å². The third kappa shape index (κ3) is 3.32. The zero-order valence-electron chi connectivity index (χ0n) is 13.4. The second-order valence-electron chi connectivity index (χ2n) is 7.06. The van der Waals surface area contributed by atoms with Gasteiger partial charge in [-0.3, -0.25) is 0 Å². The highest BCUT2D eigenvalue weighted by Crippen LogP contribution is 2.35. The molecule has 2 heteroatoms. The van der Waals surface area contributed by atoms with Crippen molar-refractivity contribution in [1.29, 1.82) is 0 Å². The van der Waals surface area contributed by atoms with Crippen LogP contribution in [-0.2, 0) is 13.1 Å². The van der Waals surface area contributed by atoms with Gasteiger partial charge in [-0.05, 0) is 53.9 Å². The van der Waals surface area contributed by atoms with Gasteiger partial charge < -0.3 is 10.6 Å². The SMILES string of the molecule is CC1CCC(CC2=Cc3cc(CN)ccc3CN2C)CC1. The van der Waals surface area contributed by atoms with E-state index in [2.05, 4.69) is 43.1 Å². The van der Waals surface area contributed by atoms with Gasteiger partial charge in [0.2, 0.25) is 0 Å². The fraction of sp³-hybridized carbons (Fsp3) is 0.579. The molecule has 3 rings (SSSR count). The molecule has 1 aromatic rings. The second kappa shape index (κ2) is 6.23.